The van der Waals surface area contributed by atoms with E-state index in [4.69, 9.17) is 5.11 Å². The molecule has 1 N–H and O–H groups in total. The van der Waals surface area contributed by atoms with E-state index in [1.54, 1.807) is 0 Å². The molecule has 1 aromatic carbocycles. The number of hydrogen-bond donors (Lipinski definition) is 1. The number of nitrogens with zero attached hydrogens (tertiary/aromatic N) is 1. The van der Waals surface area contributed by atoms with E-state index in [1.807, 2.05) is 31.2 Å². The van der Waals surface area contributed by atoms with Crippen molar-refractivity contribution in [2.45, 2.75) is 38.6 Å². The highest BCUT2D eigenvalue weighted by atomic mass is 16.4. The molecule has 2 rings (SSSR count). The molecule has 1 aliphatic rings. The van der Waals surface area contributed by atoms with Crippen LogP contribution in [0.5, 0.6) is 0 Å². The summed E-state index contributed by atoms with van der Waals surface area (Å²) >= 11 is 0. The summed E-state index contributed by atoms with van der Waals surface area (Å²) in [7, 11) is 0. The average molecular weight is 261 g/mol. The molecular formula is C15H19NO3. The quantitative estimate of drug-likeness (QED) is 0.902. The predicted octanol–water partition coefficient (Wildman–Crippen LogP) is 2.00. The average Bonchev–Trinajstić information content (AvgIpc) is 2.87. The van der Waals surface area contributed by atoms with E-state index in [-0.39, 0.29) is 5.91 Å². The van der Waals surface area contributed by atoms with Crippen LogP contribution in [-0.2, 0) is 16.0 Å². The Labute approximate surface area is 113 Å². The van der Waals surface area contributed by atoms with Crippen LogP contribution in [0.15, 0.2) is 24.3 Å². The zero-order chi connectivity index (χ0) is 13.8. The van der Waals surface area contributed by atoms with E-state index in [9.17, 15) is 9.59 Å². The number of benzene rings is 1. The Morgan fingerprint density at radius 1 is 1.32 bits per heavy atom. The number of aryl methyl sites for hydroxylation is 2. The molecule has 0 saturated carbocycles. The van der Waals surface area contributed by atoms with E-state index < -0.39 is 12.0 Å². The SMILES string of the molecule is Cc1ccc(CCC(=O)N2CCC[C@@H]2C(=O)O)cc1. The Bertz CT molecular complexity index is 467. The summed E-state index contributed by atoms with van der Waals surface area (Å²) in [6.45, 7) is 2.60. The normalized spacial score (nSPS) is 18.6. The molecule has 0 radical (unpaired) electrons. The lowest BCUT2D eigenvalue weighted by atomic mass is 10.1. The van der Waals surface area contributed by atoms with Crippen LogP contribution >= 0.6 is 0 Å². The van der Waals surface area contributed by atoms with Crippen LogP contribution in [0.3, 0.4) is 0 Å². The number of carbonyl (C=O) groups is 2. The molecule has 1 atom stereocenters. The lowest BCUT2D eigenvalue weighted by Crippen LogP contribution is -2.40. The molecule has 1 heterocycles. The third-order valence-corrected chi connectivity index (χ3v) is 3.61. The van der Waals surface area contributed by atoms with Crippen molar-refractivity contribution >= 4 is 11.9 Å². The number of aliphatic carboxylic acids is 1. The summed E-state index contributed by atoms with van der Waals surface area (Å²) in [5.74, 6) is -0.938. The molecule has 0 bridgehead atoms. The van der Waals surface area contributed by atoms with Crippen molar-refractivity contribution in [3.8, 4) is 0 Å². The molecule has 0 unspecified atom stereocenters. The molecule has 19 heavy (non-hydrogen) atoms. The van der Waals surface area contributed by atoms with E-state index >= 15 is 0 Å². The van der Waals surface area contributed by atoms with Crippen molar-refractivity contribution in [2.24, 2.45) is 0 Å². The van der Waals surface area contributed by atoms with Crippen molar-refractivity contribution in [3.05, 3.63) is 35.4 Å². The fourth-order valence-electron chi connectivity index (χ4n) is 2.47. The largest absolute Gasteiger partial charge is 0.480 e. The van der Waals surface area contributed by atoms with Crippen LogP contribution in [0.2, 0.25) is 0 Å². The molecule has 0 aromatic heterocycles. The van der Waals surface area contributed by atoms with E-state index in [2.05, 4.69) is 0 Å². The van der Waals surface area contributed by atoms with Crippen molar-refractivity contribution in [3.63, 3.8) is 0 Å². The summed E-state index contributed by atoms with van der Waals surface area (Å²) in [5.41, 5.74) is 2.31. The molecule has 1 aromatic rings. The minimum absolute atomic E-state index is 0.0505. The lowest BCUT2D eigenvalue weighted by molar-refractivity contribution is -0.148. The molecule has 4 nitrogen and oxygen atoms in total. The molecule has 1 amide bonds. The number of likely N-dealkylation sites (tertiary alicyclic amines) is 1. The first-order chi connectivity index (χ1) is 9.08. The zero-order valence-electron chi connectivity index (χ0n) is 11.1. The molecular weight excluding hydrogens is 242 g/mol. The Kier molecular flexibility index (Phi) is 4.20. The van der Waals surface area contributed by atoms with Gasteiger partial charge in [0.25, 0.3) is 0 Å². The number of carboxylic acids is 1. The van der Waals surface area contributed by atoms with Gasteiger partial charge in [-0.15, -0.1) is 0 Å². The first-order valence-corrected chi connectivity index (χ1v) is 6.66. The highest BCUT2D eigenvalue weighted by molar-refractivity contribution is 5.84. The Balaban J connectivity index is 1.90. The lowest BCUT2D eigenvalue weighted by Gasteiger charge is -2.21. The second-order valence-electron chi connectivity index (χ2n) is 5.07. The third-order valence-electron chi connectivity index (χ3n) is 3.61. The second-order valence-corrected chi connectivity index (χ2v) is 5.07. The van der Waals surface area contributed by atoms with E-state index in [1.165, 1.54) is 10.5 Å². The Morgan fingerprint density at radius 3 is 2.63 bits per heavy atom. The zero-order valence-corrected chi connectivity index (χ0v) is 11.1. The summed E-state index contributed by atoms with van der Waals surface area (Å²) in [5, 5.41) is 9.05. The fraction of sp³-hybridized carbons (Fsp3) is 0.467. The smallest absolute Gasteiger partial charge is 0.326 e. The van der Waals surface area contributed by atoms with Gasteiger partial charge in [0, 0.05) is 13.0 Å². The maximum atomic E-state index is 12.1. The third kappa shape index (κ3) is 3.34. The number of hydrogen-bond acceptors (Lipinski definition) is 2. The van der Waals surface area contributed by atoms with Crippen LogP contribution in [0.1, 0.15) is 30.4 Å². The van der Waals surface area contributed by atoms with E-state index in [0.29, 0.717) is 25.8 Å². The van der Waals surface area contributed by atoms with Gasteiger partial charge >= 0.3 is 5.97 Å². The topological polar surface area (TPSA) is 57.6 Å². The van der Waals surface area contributed by atoms with E-state index in [0.717, 1.165) is 12.0 Å². The van der Waals surface area contributed by atoms with Crippen LogP contribution in [0.25, 0.3) is 0 Å². The molecule has 102 valence electrons. The fourth-order valence-corrected chi connectivity index (χ4v) is 2.47. The van der Waals surface area contributed by atoms with Crippen LogP contribution in [-0.4, -0.2) is 34.5 Å². The maximum Gasteiger partial charge on any atom is 0.326 e. The van der Waals surface area contributed by atoms with Gasteiger partial charge in [0.05, 0.1) is 0 Å². The molecule has 4 heteroatoms. The molecule has 1 aliphatic heterocycles. The Morgan fingerprint density at radius 2 is 2.00 bits per heavy atom. The van der Waals surface area contributed by atoms with Gasteiger partial charge in [-0.3, -0.25) is 4.79 Å². The first-order valence-electron chi connectivity index (χ1n) is 6.66. The monoisotopic (exact) mass is 261 g/mol. The summed E-state index contributed by atoms with van der Waals surface area (Å²) < 4.78 is 0. The van der Waals surface area contributed by atoms with Crippen molar-refractivity contribution in [1.29, 1.82) is 0 Å². The summed E-state index contributed by atoms with van der Waals surface area (Å²) in [4.78, 5) is 24.6. The van der Waals surface area contributed by atoms with Crippen molar-refractivity contribution in [1.82, 2.24) is 4.90 Å². The van der Waals surface area contributed by atoms with Gasteiger partial charge in [0.15, 0.2) is 0 Å². The molecule has 1 saturated heterocycles. The maximum absolute atomic E-state index is 12.1. The predicted molar refractivity (Wildman–Crippen MR) is 71.9 cm³/mol. The second kappa shape index (κ2) is 5.87. The van der Waals surface area contributed by atoms with Gasteiger partial charge in [-0.05, 0) is 31.7 Å². The number of carboxylic acid groups (broad SMARTS) is 1. The number of rotatable bonds is 4. The summed E-state index contributed by atoms with van der Waals surface area (Å²) in [6.07, 6.45) is 2.41. The van der Waals surface area contributed by atoms with Gasteiger partial charge in [-0.25, -0.2) is 4.79 Å². The van der Waals surface area contributed by atoms with Gasteiger partial charge in [-0.1, -0.05) is 29.8 Å². The minimum atomic E-state index is -0.888. The highest BCUT2D eigenvalue weighted by Crippen LogP contribution is 2.19. The van der Waals surface area contributed by atoms with Crippen LogP contribution < -0.4 is 0 Å². The van der Waals surface area contributed by atoms with Gasteiger partial charge in [0.1, 0.15) is 6.04 Å². The highest BCUT2D eigenvalue weighted by Gasteiger charge is 2.33. The van der Waals surface area contributed by atoms with Crippen LogP contribution in [0, 0.1) is 6.92 Å². The minimum Gasteiger partial charge on any atom is -0.480 e. The molecule has 1 fully saturated rings. The first kappa shape index (κ1) is 13.6. The van der Waals surface area contributed by atoms with Gasteiger partial charge in [0.2, 0.25) is 5.91 Å². The number of amides is 1. The van der Waals surface area contributed by atoms with Gasteiger partial charge in [-0.2, -0.15) is 0 Å². The standard InChI is InChI=1S/C15H19NO3/c1-11-4-6-12(7-5-11)8-9-14(17)16-10-2-3-13(16)15(18)19/h4-7,13H,2-3,8-10H2,1H3,(H,18,19)/t13-/m1/s1. The summed E-state index contributed by atoms with van der Waals surface area (Å²) in [6, 6.07) is 7.46. The van der Waals surface area contributed by atoms with Gasteiger partial charge < -0.3 is 10.0 Å². The van der Waals surface area contributed by atoms with Crippen molar-refractivity contribution in [2.75, 3.05) is 6.54 Å². The number of carbonyl (C=O) groups excluding carboxylic acids is 1. The molecule has 0 spiro atoms. The van der Waals surface area contributed by atoms with Crippen molar-refractivity contribution < 1.29 is 14.7 Å². The van der Waals surface area contributed by atoms with Crippen LogP contribution in [0.4, 0.5) is 0 Å². The Hall–Kier alpha value is -1.84. The molecule has 0 aliphatic carbocycles.